The summed E-state index contributed by atoms with van der Waals surface area (Å²) in [5.41, 5.74) is 1.26. The number of hydrogen-bond donors (Lipinski definition) is 2. The number of benzene rings is 2. The predicted octanol–water partition coefficient (Wildman–Crippen LogP) is 2.65. The van der Waals surface area contributed by atoms with Crippen LogP contribution in [0, 0.1) is 0 Å². The highest BCUT2D eigenvalue weighted by molar-refractivity contribution is 9.10. The van der Waals surface area contributed by atoms with Crippen molar-refractivity contribution in [2.75, 3.05) is 0 Å². The summed E-state index contributed by atoms with van der Waals surface area (Å²) in [5.74, 6) is 0.0654. The van der Waals surface area contributed by atoms with Gasteiger partial charge in [0.25, 0.3) is 0 Å². The molecule has 21 heavy (non-hydrogen) atoms. The maximum Gasteiger partial charge on any atom is 0.149 e. The number of phenols is 2. The number of rotatable bonds is 1. The molecule has 1 heterocycles. The quantitative estimate of drug-likeness (QED) is 0.669. The SMILES string of the molecule is C=c1c(O)c2ncccc2c(O)/c1=C/c1ccc(Br)cc1. The van der Waals surface area contributed by atoms with E-state index in [1.54, 1.807) is 24.4 Å². The van der Waals surface area contributed by atoms with E-state index in [4.69, 9.17) is 0 Å². The average molecular weight is 342 g/mol. The lowest BCUT2D eigenvalue weighted by Gasteiger charge is -2.05. The molecule has 0 fully saturated rings. The van der Waals surface area contributed by atoms with E-state index in [-0.39, 0.29) is 11.5 Å². The lowest BCUT2D eigenvalue weighted by Crippen LogP contribution is -2.24. The fourth-order valence-corrected chi connectivity index (χ4v) is 2.49. The normalized spacial score (nSPS) is 12.0. The van der Waals surface area contributed by atoms with Gasteiger partial charge in [-0.3, -0.25) is 4.98 Å². The van der Waals surface area contributed by atoms with Crippen LogP contribution in [-0.2, 0) is 0 Å². The molecule has 1 aromatic heterocycles. The molecular formula is C17H12BrNO2. The Morgan fingerprint density at radius 3 is 2.48 bits per heavy atom. The molecule has 0 bridgehead atoms. The molecule has 0 unspecified atom stereocenters. The van der Waals surface area contributed by atoms with Crippen molar-refractivity contribution in [1.29, 1.82) is 0 Å². The van der Waals surface area contributed by atoms with Crippen molar-refractivity contribution in [2.45, 2.75) is 0 Å². The minimum atomic E-state index is -0.00763. The maximum absolute atomic E-state index is 10.4. The maximum atomic E-state index is 10.4. The van der Waals surface area contributed by atoms with Crippen LogP contribution in [0.2, 0.25) is 0 Å². The van der Waals surface area contributed by atoms with Crippen LogP contribution in [0.4, 0.5) is 0 Å². The molecule has 0 amide bonds. The van der Waals surface area contributed by atoms with Crippen LogP contribution in [0.1, 0.15) is 5.56 Å². The van der Waals surface area contributed by atoms with E-state index in [0.29, 0.717) is 21.3 Å². The molecular weight excluding hydrogens is 330 g/mol. The Labute approximate surface area is 129 Å². The standard InChI is InChI=1S/C17H12BrNO2/c1-10-14(9-11-4-6-12(18)7-5-11)17(21)13-3-2-8-19-15(13)16(10)20/h2-9,20-21H,1H2/b14-9+. The second kappa shape index (κ2) is 5.22. The van der Waals surface area contributed by atoms with Crippen LogP contribution in [0.25, 0.3) is 23.6 Å². The summed E-state index contributed by atoms with van der Waals surface area (Å²) in [7, 11) is 0. The number of fused-ring (bicyclic) bond motifs is 1. The zero-order valence-electron chi connectivity index (χ0n) is 11.0. The summed E-state index contributed by atoms with van der Waals surface area (Å²) < 4.78 is 0.976. The van der Waals surface area contributed by atoms with E-state index in [9.17, 15) is 10.2 Å². The molecule has 0 aliphatic rings. The number of hydrogen-bond acceptors (Lipinski definition) is 3. The molecule has 0 radical (unpaired) electrons. The van der Waals surface area contributed by atoms with E-state index in [0.717, 1.165) is 10.0 Å². The molecule has 2 aromatic carbocycles. The first-order chi connectivity index (χ1) is 10.1. The molecule has 3 nitrogen and oxygen atoms in total. The highest BCUT2D eigenvalue weighted by atomic mass is 79.9. The number of aromatic nitrogens is 1. The minimum absolute atomic E-state index is 0.00763. The second-order valence-electron chi connectivity index (χ2n) is 4.68. The Hall–Kier alpha value is -2.33. The van der Waals surface area contributed by atoms with Crippen molar-refractivity contribution >= 4 is 39.5 Å². The third-order valence-electron chi connectivity index (χ3n) is 3.33. The topological polar surface area (TPSA) is 53.4 Å². The molecule has 0 atom stereocenters. The van der Waals surface area contributed by atoms with Crippen molar-refractivity contribution in [1.82, 2.24) is 4.98 Å². The molecule has 3 rings (SSSR count). The van der Waals surface area contributed by atoms with Crippen molar-refractivity contribution in [3.05, 3.63) is 63.1 Å². The van der Waals surface area contributed by atoms with Crippen LogP contribution in [-0.4, -0.2) is 15.2 Å². The zero-order valence-corrected chi connectivity index (χ0v) is 12.6. The fourth-order valence-electron chi connectivity index (χ4n) is 2.22. The first-order valence-corrected chi connectivity index (χ1v) is 7.12. The highest BCUT2D eigenvalue weighted by Crippen LogP contribution is 2.23. The van der Waals surface area contributed by atoms with E-state index >= 15 is 0 Å². The smallest absolute Gasteiger partial charge is 0.149 e. The Kier molecular flexibility index (Phi) is 3.39. The van der Waals surface area contributed by atoms with Gasteiger partial charge in [-0.05, 0) is 35.9 Å². The molecule has 0 aliphatic heterocycles. The predicted molar refractivity (Wildman–Crippen MR) is 87.6 cm³/mol. The van der Waals surface area contributed by atoms with Gasteiger partial charge in [-0.15, -0.1) is 0 Å². The zero-order chi connectivity index (χ0) is 15.0. The summed E-state index contributed by atoms with van der Waals surface area (Å²) in [6.07, 6.45) is 3.36. The van der Waals surface area contributed by atoms with Gasteiger partial charge in [0.15, 0.2) is 0 Å². The molecule has 4 heteroatoms. The Morgan fingerprint density at radius 1 is 1.05 bits per heavy atom. The van der Waals surface area contributed by atoms with E-state index in [1.165, 1.54) is 0 Å². The summed E-state index contributed by atoms with van der Waals surface area (Å²) >= 11 is 3.38. The van der Waals surface area contributed by atoms with Gasteiger partial charge in [0.1, 0.15) is 17.0 Å². The van der Waals surface area contributed by atoms with Gasteiger partial charge in [-0.25, -0.2) is 0 Å². The van der Waals surface area contributed by atoms with Gasteiger partial charge >= 0.3 is 0 Å². The molecule has 0 aliphatic carbocycles. The van der Waals surface area contributed by atoms with Gasteiger partial charge in [-0.1, -0.05) is 34.6 Å². The van der Waals surface area contributed by atoms with Crippen LogP contribution in [0.5, 0.6) is 11.5 Å². The van der Waals surface area contributed by atoms with E-state index < -0.39 is 0 Å². The van der Waals surface area contributed by atoms with Crippen molar-refractivity contribution in [2.24, 2.45) is 0 Å². The molecule has 0 spiro atoms. The largest absolute Gasteiger partial charge is 0.507 e. The van der Waals surface area contributed by atoms with Crippen LogP contribution < -0.4 is 10.4 Å². The highest BCUT2D eigenvalue weighted by Gasteiger charge is 2.09. The second-order valence-corrected chi connectivity index (χ2v) is 5.60. The van der Waals surface area contributed by atoms with Crippen molar-refractivity contribution < 1.29 is 10.2 Å². The molecule has 104 valence electrons. The van der Waals surface area contributed by atoms with Gasteiger partial charge in [0, 0.05) is 26.5 Å². The van der Waals surface area contributed by atoms with Gasteiger partial charge in [0.05, 0.1) is 0 Å². The Balaban J connectivity index is 2.38. The summed E-state index contributed by atoms with van der Waals surface area (Å²) in [6.45, 7) is 3.85. The van der Waals surface area contributed by atoms with Gasteiger partial charge in [-0.2, -0.15) is 0 Å². The molecule has 0 saturated heterocycles. The molecule has 2 N–H and O–H groups in total. The average Bonchev–Trinajstić information content (AvgIpc) is 2.51. The molecule has 0 saturated carbocycles. The Morgan fingerprint density at radius 2 is 1.76 bits per heavy atom. The van der Waals surface area contributed by atoms with Gasteiger partial charge in [0.2, 0.25) is 0 Å². The minimum Gasteiger partial charge on any atom is -0.507 e. The monoisotopic (exact) mass is 341 g/mol. The fraction of sp³-hybridized carbons (Fsp3) is 0. The van der Waals surface area contributed by atoms with Crippen molar-refractivity contribution in [3.8, 4) is 11.5 Å². The summed E-state index contributed by atoms with van der Waals surface area (Å²) in [6, 6.07) is 11.1. The summed E-state index contributed by atoms with van der Waals surface area (Å²) in [4.78, 5) is 4.09. The summed E-state index contributed by atoms with van der Waals surface area (Å²) in [5, 5.41) is 22.0. The first kappa shape index (κ1) is 13.6. The lowest BCUT2D eigenvalue weighted by atomic mass is 10.1. The number of nitrogens with zero attached hydrogens (tertiary/aromatic N) is 1. The van der Waals surface area contributed by atoms with E-state index in [2.05, 4.69) is 27.5 Å². The first-order valence-electron chi connectivity index (χ1n) is 6.33. The van der Waals surface area contributed by atoms with E-state index in [1.807, 2.05) is 24.3 Å². The number of phenolic OH excluding ortho intramolecular Hbond substituents is 2. The lowest BCUT2D eigenvalue weighted by molar-refractivity contribution is 0.461. The number of halogens is 1. The third kappa shape index (κ3) is 2.38. The molecule has 3 aromatic rings. The van der Waals surface area contributed by atoms with Gasteiger partial charge < -0.3 is 10.2 Å². The van der Waals surface area contributed by atoms with Crippen LogP contribution in [0.3, 0.4) is 0 Å². The number of aromatic hydroxyl groups is 2. The van der Waals surface area contributed by atoms with Crippen molar-refractivity contribution in [3.63, 3.8) is 0 Å². The third-order valence-corrected chi connectivity index (χ3v) is 3.86. The van der Waals surface area contributed by atoms with Crippen LogP contribution >= 0.6 is 15.9 Å². The number of pyridine rings is 1. The van der Waals surface area contributed by atoms with Crippen LogP contribution in [0.15, 0.2) is 47.1 Å². The Bertz CT molecular complexity index is 934.